The smallest absolute Gasteiger partial charge is 0.335 e. The van der Waals surface area contributed by atoms with Crippen molar-refractivity contribution in [3.05, 3.63) is 34.9 Å². The van der Waals surface area contributed by atoms with E-state index in [2.05, 4.69) is 0 Å². The Labute approximate surface area is 103 Å². The maximum atomic E-state index is 10.6. The van der Waals surface area contributed by atoms with E-state index in [4.69, 9.17) is 23.2 Å². The van der Waals surface area contributed by atoms with Gasteiger partial charge in [0.1, 0.15) is 0 Å². The summed E-state index contributed by atoms with van der Waals surface area (Å²) in [6, 6.07) is 4.17. The number of rotatable bonds is 2. The number of benzene rings is 1. The standard InChI is InChI=1S/C9H8O4.CH3O3S/c1-5-6(8(10)11)3-2-4-7(5)9(12)13;1-5(2,3)4/h2-4H,1H3,(H,10,11)(H,12,13);1H3. The van der Waals surface area contributed by atoms with E-state index in [1.807, 2.05) is 0 Å². The van der Waals surface area contributed by atoms with Crippen LogP contribution in [0.3, 0.4) is 0 Å². The predicted octanol–water partition coefficient (Wildman–Crippen LogP) is 0.768. The van der Waals surface area contributed by atoms with E-state index in [-0.39, 0.29) is 16.7 Å². The van der Waals surface area contributed by atoms with Crippen LogP contribution in [0.25, 0.3) is 0 Å². The van der Waals surface area contributed by atoms with Gasteiger partial charge in [-0.15, -0.1) is 0 Å². The van der Waals surface area contributed by atoms with Gasteiger partial charge in [-0.05, 0) is 24.6 Å². The molecule has 0 heterocycles. The molecule has 8 heteroatoms. The van der Waals surface area contributed by atoms with Crippen molar-refractivity contribution in [2.75, 3.05) is 6.26 Å². The first kappa shape index (κ1) is 16.1. The first-order valence-electron chi connectivity index (χ1n) is 4.51. The molecule has 7 nitrogen and oxygen atoms in total. The molecule has 1 rings (SSSR count). The fraction of sp³-hybridized carbons (Fsp3) is 0.200. The molecule has 0 amide bonds. The van der Waals surface area contributed by atoms with Crippen LogP contribution in [0.4, 0.5) is 0 Å². The minimum atomic E-state index is -3.92. The molecule has 0 aromatic heterocycles. The highest BCUT2D eigenvalue weighted by Crippen LogP contribution is 2.13. The van der Waals surface area contributed by atoms with Gasteiger partial charge in [0.15, 0.2) is 0 Å². The fourth-order valence-electron chi connectivity index (χ4n) is 1.10. The third kappa shape index (κ3) is 5.97. The Bertz CT molecular complexity index is 519. The predicted molar refractivity (Wildman–Crippen MR) is 60.6 cm³/mol. The van der Waals surface area contributed by atoms with Crippen LogP contribution in [0.5, 0.6) is 0 Å². The first-order chi connectivity index (χ1) is 8.04. The second kappa shape index (κ2) is 6.12. The molecule has 1 radical (unpaired) electrons. The SMILES string of the molecule is CS([O])(=O)=O.Cc1c(C(=O)O)cccc1C(=O)O. The number of aromatic carboxylic acids is 2. The average Bonchev–Trinajstić information content (AvgIpc) is 2.14. The summed E-state index contributed by atoms with van der Waals surface area (Å²) in [5, 5.41) is 17.4. The number of carbonyl (C=O) groups is 2. The fourth-order valence-corrected chi connectivity index (χ4v) is 1.10. The van der Waals surface area contributed by atoms with Gasteiger partial charge >= 0.3 is 11.9 Å². The summed E-state index contributed by atoms with van der Waals surface area (Å²) in [6.45, 7) is 1.48. The lowest BCUT2D eigenvalue weighted by Gasteiger charge is -2.03. The summed E-state index contributed by atoms with van der Waals surface area (Å²) < 4.78 is 27.2. The Morgan fingerprint density at radius 2 is 1.33 bits per heavy atom. The van der Waals surface area contributed by atoms with Crippen LogP contribution in [0.2, 0.25) is 0 Å². The maximum absolute atomic E-state index is 10.6. The maximum Gasteiger partial charge on any atom is 0.335 e. The van der Waals surface area contributed by atoms with Crippen molar-refractivity contribution in [1.82, 2.24) is 0 Å². The van der Waals surface area contributed by atoms with Gasteiger partial charge in [-0.25, -0.2) is 9.59 Å². The zero-order chi connectivity index (χ0) is 14.5. The number of hydrogen-bond donors (Lipinski definition) is 2. The van der Waals surface area contributed by atoms with E-state index in [0.717, 1.165) is 0 Å². The molecule has 0 saturated heterocycles. The lowest BCUT2D eigenvalue weighted by atomic mass is 10.0. The molecule has 0 aliphatic rings. The van der Waals surface area contributed by atoms with Gasteiger partial charge in [0.2, 0.25) is 0 Å². The van der Waals surface area contributed by atoms with Crippen molar-refractivity contribution in [3.63, 3.8) is 0 Å². The molecule has 99 valence electrons. The van der Waals surface area contributed by atoms with Gasteiger partial charge < -0.3 is 10.2 Å². The van der Waals surface area contributed by atoms with Crippen LogP contribution in [0, 0.1) is 6.92 Å². The number of hydrogen-bond acceptors (Lipinski definition) is 4. The van der Waals surface area contributed by atoms with Crippen molar-refractivity contribution in [1.29, 1.82) is 0 Å². The highest BCUT2D eigenvalue weighted by Gasteiger charge is 2.13. The molecule has 1 aromatic rings. The summed E-state index contributed by atoms with van der Waals surface area (Å²) >= 11 is 0. The molecule has 2 N–H and O–H groups in total. The van der Waals surface area contributed by atoms with Crippen molar-refractivity contribution in [2.45, 2.75) is 6.92 Å². The summed E-state index contributed by atoms with van der Waals surface area (Å²) in [5.74, 6) is -2.22. The van der Waals surface area contributed by atoms with Crippen LogP contribution in [0.15, 0.2) is 18.2 Å². The Kier molecular flexibility index (Phi) is 5.47. The Morgan fingerprint density at radius 3 is 1.56 bits per heavy atom. The van der Waals surface area contributed by atoms with Crippen LogP contribution < -0.4 is 0 Å². The molecule has 0 unspecified atom stereocenters. The van der Waals surface area contributed by atoms with E-state index < -0.39 is 22.1 Å². The average molecular weight is 275 g/mol. The third-order valence-corrected chi connectivity index (χ3v) is 1.79. The second-order valence-electron chi connectivity index (χ2n) is 3.29. The second-order valence-corrected chi connectivity index (χ2v) is 4.70. The van der Waals surface area contributed by atoms with Crippen molar-refractivity contribution in [2.24, 2.45) is 0 Å². The summed E-state index contributed by atoms with van der Waals surface area (Å²) in [4.78, 5) is 21.2. The van der Waals surface area contributed by atoms with Crippen LogP contribution in [-0.4, -0.2) is 36.8 Å². The monoisotopic (exact) mass is 275 g/mol. The topological polar surface area (TPSA) is 129 Å². The van der Waals surface area contributed by atoms with Crippen molar-refractivity contribution in [3.8, 4) is 0 Å². The Hall–Kier alpha value is -1.93. The molecule has 18 heavy (non-hydrogen) atoms. The molecule has 1 aromatic carbocycles. The van der Waals surface area contributed by atoms with Crippen LogP contribution in [0.1, 0.15) is 26.3 Å². The molecule has 0 aliphatic carbocycles. The zero-order valence-corrected chi connectivity index (χ0v) is 10.4. The lowest BCUT2D eigenvalue weighted by molar-refractivity contribution is 0.0696. The van der Waals surface area contributed by atoms with Gasteiger partial charge in [0.25, 0.3) is 10.1 Å². The quantitative estimate of drug-likeness (QED) is 0.820. The van der Waals surface area contributed by atoms with E-state index in [1.165, 1.54) is 25.1 Å². The molecule has 0 aliphatic heterocycles. The molecular formula is C10H11O7S. The molecule has 0 saturated carbocycles. The largest absolute Gasteiger partial charge is 0.478 e. The molecule has 0 fully saturated rings. The third-order valence-electron chi connectivity index (χ3n) is 1.79. The van der Waals surface area contributed by atoms with E-state index in [0.29, 0.717) is 6.26 Å². The Morgan fingerprint density at radius 1 is 1.06 bits per heavy atom. The summed E-state index contributed by atoms with van der Waals surface area (Å²) in [7, 11) is -3.92. The van der Waals surface area contributed by atoms with Gasteiger partial charge in [-0.2, -0.15) is 8.42 Å². The van der Waals surface area contributed by atoms with Gasteiger partial charge in [0.05, 0.1) is 17.4 Å². The van der Waals surface area contributed by atoms with Gasteiger partial charge in [0, 0.05) is 0 Å². The minimum absolute atomic E-state index is 0.0277. The summed E-state index contributed by atoms with van der Waals surface area (Å²) in [5.41, 5.74) is 0.335. The highest BCUT2D eigenvalue weighted by molar-refractivity contribution is 7.84. The summed E-state index contributed by atoms with van der Waals surface area (Å²) in [6.07, 6.45) is 0.604. The lowest BCUT2D eigenvalue weighted by Crippen LogP contribution is -2.06. The molecule has 0 bridgehead atoms. The Balaban J connectivity index is 0.000000494. The van der Waals surface area contributed by atoms with Crippen molar-refractivity contribution >= 4 is 22.1 Å². The molecule has 0 atom stereocenters. The number of carboxylic acids is 2. The van der Waals surface area contributed by atoms with Crippen LogP contribution >= 0.6 is 0 Å². The molecule has 0 spiro atoms. The van der Waals surface area contributed by atoms with E-state index in [9.17, 15) is 9.59 Å². The minimum Gasteiger partial charge on any atom is -0.478 e. The normalized spacial score (nSPS) is 10.2. The van der Waals surface area contributed by atoms with E-state index >= 15 is 0 Å². The zero-order valence-electron chi connectivity index (χ0n) is 9.58. The van der Waals surface area contributed by atoms with E-state index in [1.54, 1.807) is 0 Å². The first-order valence-corrected chi connectivity index (χ1v) is 6.32. The van der Waals surface area contributed by atoms with Gasteiger partial charge in [-0.1, -0.05) is 10.6 Å². The number of carboxylic acid groups (broad SMARTS) is 2. The van der Waals surface area contributed by atoms with Crippen molar-refractivity contribution < 1.29 is 32.8 Å². The highest BCUT2D eigenvalue weighted by atomic mass is 32.2. The van der Waals surface area contributed by atoms with Crippen LogP contribution in [-0.2, 0) is 14.7 Å². The molecular weight excluding hydrogens is 264 g/mol. The van der Waals surface area contributed by atoms with Gasteiger partial charge in [-0.3, -0.25) is 0 Å².